The number of hydrogen-bond donors (Lipinski definition) is 1. The Hall–Kier alpha value is -2.53. The lowest BCUT2D eigenvalue weighted by molar-refractivity contribution is -0.122. The molecular formula is C30H40ClN3O2. The van der Waals surface area contributed by atoms with Gasteiger partial charge in [-0.15, -0.1) is 11.6 Å². The molecule has 4 rings (SSSR count). The molecule has 0 aliphatic carbocycles. The monoisotopic (exact) mass is 509 g/mol. The highest BCUT2D eigenvalue weighted by Crippen LogP contribution is 2.32. The molecule has 2 aliphatic rings. The third kappa shape index (κ3) is 6.42. The van der Waals surface area contributed by atoms with Crippen LogP contribution in [0.5, 0.6) is 0 Å². The van der Waals surface area contributed by atoms with Gasteiger partial charge in [0, 0.05) is 43.4 Å². The molecule has 0 unspecified atom stereocenters. The molecule has 5 nitrogen and oxygen atoms in total. The maximum absolute atomic E-state index is 13.7. The van der Waals surface area contributed by atoms with Crippen molar-refractivity contribution in [2.24, 2.45) is 17.3 Å². The molecule has 2 amide bonds. The van der Waals surface area contributed by atoms with Crippen LogP contribution in [-0.2, 0) is 11.2 Å². The number of alkyl halides is 1. The minimum absolute atomic E-state index is 0.0658. The van der Waals surface area contributed by atoms with Crippen molar-refractivity contribution >= 4 is 34.8 Å². The molecule has 194 valence electrons. The summed E-state index contributed by atoms with van der Waals surface area (Å²) >= 11 is 6.01. The number of carbonyl (C=O) groups excluding carboxylic acids is 2. The lowest BCUT2D eigenvalue weighted by Gasteiger charge is -2.36. The van der Waals surface area contributed by atoms with Gasteiger partial charge in [0.15, 0.2) is 0 Å². The van der Waals surface area contributed by atoms with Crippen LogP contribution in [0.4, 0.5) is 11.4 Å². The van der Waals surface area contributed by atoms with Crippen LogP contribution in [-0.4, -0.2) is 48.8 Å². The van der Waals surface area contributed by atoms with Crippen LogP contribution in [0.15, 0.2) is 48.5 Å². The number of hydrogen-bond acceptors (Lipinski definition) is 3. The third-order valence-corrected chi connectivity index (χ3v) is 8.50. The Kier molecular flexibility index (Phi) is 8.61. The second kappa shape index (κ2) is 11.7. The first kappa shape index (κ1) is 26.5. The summed E-state index contributed by atoms with van der Waals surface area (Å²) in [6.07, 6.45) is 5.38. The third-order valence-electron chi connectivity index (χ3n) is 7.83. The first-order valence-corrected chi connectivity index (χ1v) is 13.9. The summed E-state index contributed by atoms with van der Waals surface area (Å²) in [5.41, 5.74) is 3.02. The van der Waals surface area contributed by atoms with Gasteiger partial charge in [-0.05, 0) is 81.5 Å². The zero-order valence-electron chi connectivity index (χ0n) is 21.9. The van der Waals surface area contributed by atoms with Gasteiger partial charge in [-0.1, -0.05) is 37.3 Å². The number of nitrogens with one attached hydrogen (secondary N) is 1. The highest BCUT2D eigenvalue weighted by atomic mass is 35.5. The van der Waals surface area contributed by atoms with E-state index in [0.717, 1.165) is 64.0 Å². The number of benzene rings is 2. The number of amides is 2. The smallest absolute Gasteiger partial charge is 0.256 e. The molecule has 2 aromatic carbocycles. The Balaban J connectivity index is 1.52. The van der Waals surface area contributed by atoms with Gasteiger partial charge in [-0.25, -0.2) is 0 Å². The van der Waals surface area contributed by atoms with E-state index in [4.69, 9.17) is 11.6 Å². The Morgan fingerprint density at radius 3 is 2.28 bits per heavy atom. The molecule has 6 heteroatoms. The SMILES string of the molecule is CC1CCN(C(=O)c2cc(NC(=O)C(C)(C)CCl)ccc2N2CCC(Cc3ccccc3)CC2)CC1. The van der Waals surface area contributed by atoms with Gasteiger partial charge >= 0.3 is 0 Å². The quantitative estimate of drug-likeness (QED) is 0.451. The predicted octanol–water partition coefficient (Wildman–Crippen LogP) is 6.22. The van der Waals surface area contributed by atoms with Gasteiger partial charge in [0.1, 0.15) is 0 Å². The fourth-order valence-electron chi connectivity index (χ4n) is 5.13. The molecule has 0 bridgehead atoms. The molecule has 0 aromatic heterocycles. The minimum atomic E-state index is -0.686. The van der Waals surface area contributed by atoms with Crippen molar-refractivity contribution in [2.45, 2.75) is 52.9 Å². The Bertz CT molecular complexity index is 1040. The predicted molar refractivity (Wildman–Crippen MR) is 149 cm³/mol. The van der Waals surface area contributed by atoms with Crippen LogP contribution >= 0.6 is 11.6 Å². The van der Waals surface area contributed by atoms with Crippen molar-refractivity contribution in [1.82, 2.24) is 4.90 Å². The van der Waals surface area contributed by atoms with Crippen LogP contribution in [0, 0.1) is 17.3 Å². The van der Waals surface area contributed by atoms with Crippen molar-refractivity contribution in [3.8, 4) is 0 Å². The zero-order chi connectivity index (χ0) is 25.7. The van der Waals surface area contributed by atoms with E-state index in [1.54, 1.807) is 0 Å². The average Bonchev–Trinajstić information content (AvgIpc) is 2.90. The number of carbonyl (C=O) groups is 2. The second-order valence-electron chi connectivity index (χ2n) is 11.3. The van der Waals surface area contributed by atoms with Crippen LogP contribution in [0.25, 0.3) is 0 Å². The summed E-state index contributed by atoms with van der Waals surface area (Å²) in [7, 11) is 0. The summed E-state index contributed by atoms with van der Waals surface area (Å²) in [6, 6.07) is 16.5. The fourth-order valence-corrected chi connectivity index (χ4v) is 5.25. The van der Waals surface area contributed by atoms with E-state index in [1.165, 1.54) is 5.56 Å². The summed E-state index contributed by atoms with van der Waals surface area (Å²) in [5.74, 6) is 1.46. The number of rotatable bonds is 7. The van der Waals surface area contributed by atoms with Crippen molar-refractivity contribution < 1.29 is 9.59 Å². The number of likely N-dealkylation sites (tertiary alicyclic amines) is 1. The molecule has 2 heterocycles. The molecule has 36 heavy (non-hydrogen) atoms. The molecule has 2 aromatic rings. The topological polar surface area (TPSA) is 52.7 Å². The molecule has 2 saturated heterocycles. The van der Waals surface area contributed by atoms with E-state index in [1.807, 2.05) is 36.9 Å². The molecule has 2 aliphatic heterocycles. The highest BCUT2D eigenvalue weighted by Gasteiger charge is 2.29. The number of piperidine rings is 2. The Labute approximate surface area is 221 Å². The second-order valence-corrected chi connectivity index (χ2v) is 11.6. The first-order valence-electron chi connectivity index (χ1n) is 13.4. The van der Waals surface area contributed by atoms with Gasteiger partial charge in [0.25, 0.3) is 5.91 Å². The number of nitrogens with zero attached hydrogens (tertiary/aromatic N) is 2. The van der Waals surface area contributed by atoms with Gasteiger partial charge in [0.2, 0.25) is 5.91 Å². The van der Waals surface area contributed by atoms with E-state index in [-0.39, 0.29) is 17.7 Å². The standard InChI is InChI=1S/C30H40ClN3O2/c1-22-11-15-34(16-12-22)28(35)26-20-25(32-29(36)30(2,3)21-31)9-10-27(26)33-17-13-24(14-18-33)19-23-7-5-4-6-8-23/h4-10,20,22,24H,11-19,21H2,1-3H3,(H,32,36). The summed E-state index contributed by atoms with van der Waals surface area (Å²) in [6.45, 7) is 9.33. The average molecular weight is 510 g/mol. The van der Waals surface area contributed by atoms with E-state index in [0.29, 0.717) is 23.1 Å². The molecule has 1 N–H and O–H groups in total. The largest absolute Gasteiger partial charge is 0.371 e. The van der Waals surface area contributed by atoms with Crippen LogP contribution < -0.4 is 10.2 Å². The van der Waals surface area contributed by atoms with E-state index in [2.05, 4.69) is 47.5 Å². The Morgan fingerprint density at radius 1 is 0.972 bits per heavy atom. The summed E-state index contributed by atoms with van der Waals surface area (Å²) in [4.78, 5) is 30.8. The number of anilines is 2. The maximum Gasteiger partial charge on any atom is 0.256 e. The van der Waals surface area contributed by atoms with Crippen molar-refractivity contribution in [2.75, 3.05) is 42.3 Å². The van der Waals surface area contributed by atoms with E-state index >= 15 is 0 Å². The van der Waals surface area contributed by atoms with E-state index < -0.39 is 5.41 Å². The molecule has 0 spiro atoms. The maximum atomic E-state index is 13.7. The lowest BCUT2D eigenvalue weighted by atomic mass is 9.89. The summed E-state index contributed by atoms with van der Waals surface area (Å²) < 4.78 is 0. The first-order chi connectivity index (χ1) is 17.3. The number of halogens is 1. The van der Waals surface area contributed by atoms with Crippen LogP contribution in [0.1, 0.15) is 62.4 Å². The van der Waals surface area contributed by atoms with Gasteiger partial charge in [-0.3, -0.25) is 9.59 Å². The molecule has 0 atom stereocenters. The molecule has 0 saturated carbocycles. The lowest BCUT2D eigenvalue weighted by Crippen LogP contribution is -2.40. The van der Waals surface area contributed by atoms with Gasteiger partial charge in [-0.2, -0.15) is 0 Å². The van der Waals surface area contributed by atoms with Crippen molar-refractivity contribution in [3.63, 3.8) is 0 Å². The summed E-state index contributed by atoms with van der Waals surface area (Å²) in [5, 5.41) is 2.99. The van der Waals surface area contributed by atoms with Crippen molar-refractivity contribution in [3.05, 3.63) is 59.7 Å². The van der Waals surface area contributed by atoms with Gasteiger partial charge in [0.05, 0.1) is 11.0 Å². The molecular weight excluding hydrogens is 470 g/mol. The molecule has 0 radical (unpaired) electrons. The molecule has 2 fully saturated rings. The van der Waals surface area contributed by atoms with E-state index in [9.17, 15) is 9.59 Å². The van der Waals surface area contributed by atoms with Crippen molar-refractivity contribution in [1.29, 1.82) is 0 Å². The van der Waals surface area contributed by atoms with Gasteiger partial charge < -0.3 is 15.1 Å². The fraction of sp³-hybridized carbons (Fsp3) is 0.533. The van der Waals surface area contributed by atoms with Crippen LogP contribution in [0.3, 0.4) is 0 Å². The normalized spacial score (nSPS) is 17.8. The highest BCUT2D eigenvalue weighted by molar-refractivity contribution is 6.20. The van der Waals surface area contributed by atoms with Crippen LogP contribution in [0.2, 0.25) is 0 Å². The Morgan fingerprint density at radius 2 is 1.64 bits per heavy atom. The zero-order valence-corrected chi connectivity index (χ0v) is 22.7. The minimum Gasteiger partial charge on any atom is -0.371 e.